The van der Waals surface area contributed by atoms with Crippen molar-refractivity contribution in [3.63, 3.8) is 0 Å². The summed E-state index contributed by atoms with van der Waals surface area (Å²) in [5, 5.41) is 2.44. The van der Waals surface area contributed by atoms with E-state index in [9.17, 15) is 22.8 Å². The maximum atomic E-state index is 13.2. The predicted molar refractivity (Wildman–Crippen MR) is 101 cm³/mol. The van der Waals surface area contributed by atoms with Gasteiger partial charge in [-0.15, -0.1) is 0 Å². The lowest BCUT2D eigenvalue weighted by Crippen LogP contribution is -2.46. The number of hydrogen-bond acceptors (Lipinski definition) is 2. The van der Waals surface area contributed by atoms with Crippen molar-refractivity contribution in [3.8, 4) is 0 Å². The van der Waals surface area contributed by atoms with E-state index in [1.165, 1.54) is 18.2 Å². The Bertz CT molecular complexity index is 853. The zero-order valence-corrected chi connectivity index (χ0v) is 15.9. The second-order valence-corrected chi connectivity index (χ2v) is 7.61. The van der Waals surface area contributed by atoms with Crippen LogP contribution in [0, 0.1) is 0 Å². The van der Waals surface area contributed by atoms with Gasteiger partial charge in [0.1, 0.15) is 6.04 Å². The molecule has 2 aromatic rings. The van der Waals surface area contributed by atoms with Gasteiger partial charge in [-0.1, -0.05) is 51.1 Å². The highest BCUT2D eigenvalue weighted by Gasteiger charge is 2.34. The Kier molecular flexibility index (Phi) is 6.17. The van der Waals surface area contributed by atoms with Gasteiger partial charge in [0, 0.05) is 12.0 Å². The highest BCUT2D eigenvalue weighted by molar-refractivity contribution is 5.97. The third-order valence-corrected chi connectivity index (χ3v) is 4.41. The molecule has 28 heavy (non-hydrogen) atoms. The summed E-state index contributed by atoms with van der Waals surface area (Å²) < 4.78 is 39.5. The molecule has 7 heteroatoms. The fourth-order valence-corrected chi connectivity index (χ4v) is 2.78. The van der Waals surface area contributed by atoms with E-state index in [0.717, 1.165) is 11.6 Å². The minimum atomic E-state index is -4.56. The van der Waals surface area contributed by atoms with Crippen LogP contribution in [0.3, 0.4) is 0 Å². The highest BCUT2D eigenvalue weighted by atomic mass is 19.4. The molecule has 0 unspecified atom stereocenters. The molecule has 2 aromatic carbocycles. The molecule has 2 rings (SSSR count). The first-order valence-electron chi connectivity index (χ1n) is 8.75. The molecule has 2 amide bonds. The van der Waals surface area contributed by atoms with Gasteiger partial charge in [-0.2, -0.15) is 13.2 Å². The average molecular weight is 392 g/mol. The Morgan fingerprint density at radius 1 is 1.00 bits per heavy atom. The van der Waals surface area contributed by atoms with Gasteiger partial charge in [0.05, 0.1) is 5.56 Å². The molecule has 0 saturated carbocycles. The number of alkyl halides is 3. The number of nitrogens with one attached hydrogen (secondary N) is 1. The summed E-state index contributed by atoms with van der Waals surface area (Å²) in [6.07, 6.45) is -4.91. The van der Waals surface area contributed by atoms with Crippen molar-refractivity contribution in [2.24, 2.45) is 5.73 Å². The SMILES string of the molecule is CC(C)(C)c1ccc(C(=O)N[C@@H](Cc2ccccc2C(F)(F)F)C(N)=O)cc1. The van der Waals surface area contributed by atoms with Crippen molar-refractivity contribution in [3.05, 3.63) is 70.8 Å². The molecule has 0 aliphatic heterocycles. The van der Waals surface area contributed by atoms with Crippen LogP contribution in [0.15, 0.2) is 48.5 Å². The summed E-state index contributed by atoms with van der Waals surface area (Å²) in [6, 6.07) is 10.5. The van der Waals surface area contributed by atoms with E-state index >= 15 is 0 Å². The van der Waals surface area contributed by atoms with Crippen molar-refractivity contribution >= 4 is 11.8 Å². The first-order chi connectivity index (χ1) is 12.9. The van der Waals surface area contributed by atoms with E-state index in [-0.39, 0.29) is 17.4 Å². The van der Waals surface area contributed by atoms with Crippen molar-refractivity contribution in [1.82, 2.24) is 5.32 Å². The fourth-order valence-electron chi connectivity index (χ4n) is 2.78. The van der Waals surface area contributed by atoms with Gasteiger partial charge >= 0.3 is 6.18 Å². The standard InChI is InChI=1S/C21H23F3N2O2/c1-20(2,3)15-10-8-13(9-11-15)19(28)26-17(18(25)27)12-14-6-4-5-7-16(14)21(22,23)24/h4-11,17H,12H2,1-3H3,(H2,25,27)(H,26,28)/t17-/m0/s1. The molecule has 1 atom stereocenters. The third kappa shape index (κ3) is 5.34. The molecular formula is C21H23F3N2O2. The number of benzene rings is 2. The molecule has 0 radical (unpaired) electrons. The minimum Gasteiger partial charge on any atom is -0.368 e. The second-order valence-electron chi connectivity index (χ2n) is 7.61. The Morgan fingerprint density at radius 3 is 2.07 bits per heavy atom. The summed E-state index contributed by atoms with van der Waals surface area (Å²) in [5.74, 6) is -1.48. The summed E-state index contributed by atoms with van der Waals surface area (Å²) in [7, 11) is 0. The Labute approximate surface area is 161 Å². The van der Waals surface area contributed by atoms with Crippen molar-refractivity contribution < 1.29 is 22.8 Å². The summed E-state index contributed by atoms with van der Waals surface area (Å²) >= 11 is 0. The van der Waals surface area contributed by atoms with Crippen LogP contribution in [-0.2, 0) is 22.8 Å². The normalized spacial score (nSPS) is 13.1. The average Bonchev–Trinajstić information content (AvgIpc) is 2.60. The molecular weight excluding hydrogens is 369 g/mol. The van der Waals surface area contributed by atoms with E-state index in [0.29, 0.717) is 5.56 Å². The number of amides is 2. The molecule has 0 bridgehead atoms. The van der Waals surface area contributed by atoms with E-state index in [4.69, 9.17) is 5.73 Å². The van der Waals surface area contributed by atoms with Gasteiger partial charge in [0.25, 0.3) is 5.91 Å². The van der Waals surface area contributed by atoms with Gasteiger partial charge in [-0.05, 0) is 34.7 Å². The van der Waals surface area contributed by atoms with Crippen LogP contribution in [0.5, 0.6) is 0 Å². The monoisotopic (exact) mass is 392 g/mol. The predicted octanol–water partition coefficient (Wildman–Crippen LogP) is 3.83. The minimum absolute atomic E-state index is 0.0912. The van der Waals surface area contributed by atoms with Crippen LogP contribution in [0.25, 0.3) is 0 Å². The lowest BCUT2D eigenvalue weighted by atomic mass is 9.86. The zero-order valence-electron chi connectivity index (χ0n) is 15.9. The van der Waals surface area contributed by atoms with E-state index in [1.54, 1.807) is 24.3 Å². The van der Waals surface area contributed by atoms with E-state index in [2.05, 4.69) is 5.32 Å². The van der Waals surface area contributed by atoms with Crippen molar-refractivity contribution in [2.75, 3.05) is 0 Å². The molecule has 0 saturated heterocycles. The molecule has 0 fully saturated rings. The number of carbonyl (C=O) groups excluding carboxylic acids is 2. The Hall–Kier alpha value is -2.83. The summed E-state index contributed by atoms with van der Waals surface area (Å²) in [4.78, 5) is 24.2. The molecule has 4 nitrogen and oxygen atoms in total. The van der Waals surface area contributed by atoms with Gasteiger partial charge in [0.2, 0.25) is 5.91 Å². The number of primary amides is 1. The molecule has 0 spiro atoms. The summed E-state index contributed by atoms with van der Waals surface area (Å²) in [5.41, 5.74) is 5.58. The van der Waals surface area contributed by atoms with Crippen LogP contribution < -0.4 is 11.1 Å². The second kappa shape index (κ2) is 8.04. The van der Waals surface area contributed by atoms with Gasteiger partial charge in [0.15, 0.2) is 0 Å². The molecule has 150 valence electrons. The molecule has 0 heterocycles. The maximum absolute atomic E-state index is 13.2. The number of hydrogen-bond donors (Lipinski definition) is 2. The molecule has 3 N–H and O–H groups in total. The Balaban J connectivity index is 2.20. The number of halogens is 3. The smallest absolute Gasteiger partial charge is 0.368 e. The lowest BCUT2D eigenvalue weighted by Gasteiger charge is -2.20. The number of rotatable bonds is 5. The largest absolute Gasteiger partial charge is 0.416 e. The first-order valence-corrected chi connectivity index (χ1v) is 8.75. The Morgan fingerprint density at radius 2 is 1.57 bits per heavy atom. The maximum Gasteiger partial charge on any atom is 0.416 e. The molecule has 0 aliphatic carbocycles. The quantitative estimate of drug-likeness (QED) is 0.812. The molecule has 0 aromatic heterocycles. The van der Waals surface area contributed by atoms with Crippen LogP contribution in [0.1, 0.15) is 47.8 Å². The topological polar surface area (TPSA) is 72.2 Å². The number of carbonyl (C=O) groups is 2. The van der Waals surface area contributed by atoms with Gasteiger partial charge in [-0.25, -0.2) is 0 Å². The zero-order chi connectivity index (χ0) is 21.1. The lowest BCUT2D eigenvalue weighted by molar-refractivity contribution is -0.138. The third-order valence-electron chi connectivity index (χ3n) is 4.41. The summed E-state index contributed by atoms with van der Waals surface area (Å²) in [6.45, 7) is 6.09. The van der Waals surface area contributed by atoms with Gasteiger partial charge in [-0.3, -0.25) is 9.59 Å². The van der Waals surface area contributed by atoms with E-state index in [1.807, 2.05) is 20.8 Å². The van der Waals surface area contributed by atoms with Crippen molar-refractivity contribution in [1.29, 1.82) is 0 Å². The van der Waals surface area contributed by atoms with Gasteiger partial charge < -0.3 is 11.1 Å². The van der Waals surface area contributed by atoms with Crippen LogP contribution in [-0.4, -0.2) is 17.9 Å². The fraction of sp³-hybridized carbons (Fsp3) is 0.333. The van der Waals surface area contributed by atoms with Crippen LogP contribution >= 0.6 is 0 Å². The van der Waals surface area contributed by atoms with Crippen molar-refractivity contribution in [2.45, 2.75) is 44.8 Å². The number of nitrogens with two attached hydrogens (primary N) is 1. The molecule has 0 aliphatic rings. The van der Waals surface area contributed by atoms with E-state index < -0.39 is 29.6 Å². The first kappa shape index (κ1) is 21.5. The van der Waals surface area contributed by atoms with Crippen LogP contribution in [0.2, 0.25) is 0 Å². The van der Waals surface area contributed by atoms with Crippen LogP contribution in [0.4, 0.5) is 13.2 Å². The highest BCUT2D eigenvalue weighted by Crippen LogP contribution is 2.32.